The first kappa shape index (κ1) is 17.9. The second-order valence-electron chi connectivity index (χ2n) is 5.03. The molecule has 18 heavy (non-hydrogen) atoms. The molecule has 0 bridgehead atoms. The van der Waals surface area contributed by atoms with Crippen molar-refractivity contribution in [3.05, 3.63) is 0 Å². The molecule has 4 nitrogen and oxygen atoms in total. The van der Waals surface area contributed by atoms with Crippen LogP contribution in [0.1, 0.15) is 59.8 Å². The summed E-state index contributed by atoms with van der Waals surface area (Å²) in [5.74, 6) is 0. The molecule has 5 heteroatoms. The summed E-state index contributed by atoms with van der Waals surface area (Å²) in [4.78, 5) is 0. The van der Waals surface area contributed by atoms with Crippen molar-refractivity contribution in [1.29, 1.82) is 0 Å². The number of hydrogen-bond donors (Lipinski definition) is 2. The van der Waals surface area contributed by atoms with Gasteiger partial charge in [0.25, 0.3) is 0 Å². The molecule has 0 radical (unpaired) electrons. The molecule has 0 saturated carbocycles. The third-order valence-electron chi connectivity index (χ3n) is 3.07. The average Bonchev–Trinajstić information content (AvgIpc) is 2.31. The molecule has 2 atom stereocenters. The van der Waals surface area contributed by atoms with Crippen molar-refractivity contribution < 1.29 is 8.42 Å². The number of unbranched alkanes of at least 4 members (excludes halogenated alkanes) is 3. The maximum absolute atomic E-state index is 12.0. The van der Waals surface area contributed by atoms with Gasteiger partial charge in [-0.05, 0) is 26.8 Å². The zero-order chi connectivity index (χ0) is 14.0. The number of hydrogen-bond acceptors (Lipinski definition) is 3. The summed E-state index contributed by atoms with van der Waals surface area (Å²) in [6.45, 7) is 9.15. The summed E-state index contributed by atoms with van der Waals surface area (Å²) in [7, 11) is -3.19. The van der Waals surface area contributed by atoms with Crippen LogP contribution in [-0.4, -0.2) is 32.8 Å². The molecule has 0 amide bonds. The van der Waals surface area contributed by atoms with Crippen LogP contribution in [0.3, 0.4) is 0 Å². The van der Waals surface area contributed by atoms with Crippen LogP contribution in [0.4, 0.5) is 0 Å². The molecule has 0 fully saturated rings. The summed E-state index contributed by atoms with van der Waals surface area (Å²) in [6.07, 6.45) is 5.65. The Morgan fingerprint density at radius 1 is 1.06 bits per heavy atom. The van der Waals surface area contributed by atoms with Gasteiger partial charge in [0.05, 0.1) is 5.25 Å². The highest BCUT2D eigenvalue weighted by Gasteiger charge is 2.21. The predicted octanol–water partition coefficient (Wildman–Crippen LogP) is 2.26. The van der Waals surface area contributed by atoms with E-state index in [4.69, 9.17) is 0 Å². The lowest BCUT2D eigenvalue weighted by molar-refractivity contribution is 0.512. The monoisotopic (exact) mass is 278 g/mol. The normalized spacial score (nSPS) is 15.6. The molecule has 0 aromatic rings. The highest BCUT2D eigenvalue weighted by molar-refractivity contribution is 7.90. The van der Waals surface area contributed by atoms with Gasteiger partial charge >= 0.3 is 0 Å². The molecule has 0 aromatic carbocycles. The smallest absolute Gasteiger partial charge is 0.215 e. The van der Waals surface area contributed by atoms with Crippen molar-refractivity contribution in [2.24, 2.45) is 0 Å². The zero-order valence-electron chi connectivity index (χ0n) is 12.3. The van der Waals surface area contributed by atoms with Gasteiger partial charge < -0.3 is 5.32 Å². The van der Waals surface area contributed by atoms with Crippen molar-refractivity contribution in [2.75, 3.05) is 13.1 Å². The molecule has 110 valence electrons. The molecule has 0 heterocycles. The van der Waals surface area contributed by atoms with E-state index in [1.807, 2.05) is 13.8 Å². The van der Waals surface area contributed by atoms with Gasteiger partial charge in [-0.25, -0.2) is 13.1 Å². The standard InChI is InChI=1S/C13H30N2O2S/c1-5-7-8-9-10-12(3)15-18(16,17)13(4)11-14-6-2/h12-15H,5-11H2,1-4H3. The van der Waals surface area contributed by atoms with E-state index in [1.54, 1.807) is 6.92 Å². The first-order valence-corrected chi connectivity index (χ1v) is 8.70. The van der Waals surface area contributed by atoms with Gasteiger partial charge in [-0.3, -0.25) is 0 Å². The van der Waals surface area contributed by atoms with Crippen molar-refractivity contribution >= 4 is 10.0 Å². The van der Waals surface area contributed by atoms with Gasteiger partial charge in [0.15, 0.2) is 0 Å². The lowest BCUT2D eigenvalue weighted by Crippen LogP contribution is -2.42. The van der Waals surface area contributed by atoms with Crippen molar-refractivity contribution in [3.8, 4) is 0 Å². The van der Waals surface area contributed by atoms with Crippen LogP contribution < -0.4 is 10.0 Å². The largest absolute Gasteiger partial charge is 0.316 e. The van der Waals surface area contributed by atoms with Gasteiger partial charge in [-0.1, -0.05) is 39.5 Å². The quantitative estimate of drug-likeness (QED) is 0.570. The molecule has 0 aliphatic heterocycles. The van der Waals surface area contributed by atoms with Gasteiger partial charge in [0.2, 0.25) is 10.0 Å². The van der Waals surface area contributed by atoms with E-state index in [-0.39, 0.29) is 11.3 Å². The maximum atomic E-state index is 12.0. The van der Waals surface area contributed by atoms with Crippen LogP contribution >= 0.6 is 0 Å². The maximum Gasteiger partial charge on any atom is 0.215 e. The fourth-order valence-corrected chi connectivity index (χ4v) is 3.04. The Morgan fingerprint density at radius 3 is 2.28 bits per heavy atom. The molecule has 2 N–H and O–H groups in total. The fraction of sp³-hybridized carbons (Fsp3) is 1.00. The highest BCUT2D eigenvalue weighted by atomic mass is 32.2. The topological polar surface area (TPSA) is 58.2 Å². The second kappa shape index (κ2) is 9.75. The van der Waals surface area contributed by atoms with Crippen LogP contribution in [0.15, 0.2) is 0 Å². The molecule has 0 aliphatic carbocycles. The minimum atomic E-state index is -3.19. The van der Waals surface area contributed by atoms with Gasteiger partial charge in [0.1, 0.15) is 0 Å². The Labute approximate surface area is 113 Å². The van der Waals surface area contributed by atoms with Crippen LogP contribution in [0.25, 0.3) is 0 Å². The summed E-state index contributed by atoms with van der Waals surface area (Å²) >= 11 is 0. The molecule has 0 rings (SSSR count). The average molecular weight is 278 g/mol. The second-order valence-corrected chi connectivity index (χ2v) is 7.16. The molecule has 0 aromatic heterocycles. The van der Waals surface area contributed by atoms with E-state index in [2.05, 4.69) is 17.0 Å². The van der Waals surface area contributed by atoms with Crippen LogP contribution in [0.2, 0.25) is 0 Å². The highest BCUT2D eigenvalue weighted by Crippen LogP contribution is 2.07. The van der Waals surface area contributed by atoms with E-state index < -0.39 is 10.0 Å². The van der Waals surface area contributed by atoms with E-state index in [0.29, 0.717) is 6.54 Å². The Balaban J connectivity index is 3.99. The van der Waals surface area contributed by atoms with Gasteiger partial charge in [0, 0.05) is 12.6 Å². The summed E-state index contributed by atoms with van der Waals surface area (Å²) in [5, 5.41) is 2.69. The third kappa shape index (κ3) is 8.06. The molecular formula is C13H30N2O2S. The van der Waals surface area contributed by atoms with Gasteiger partial charge in [-0.2, -0.15) is 0 Å². The SMILES string of the molecule is CCCCCCC(C)NS(=O)(=O)C(C)CNCC. The molecule has 2 unspecified atom stereocenters. The Bertz CT molecular complexity index is 291. The first-order valence-electron chi connectivity index (χ1n) is 7.15. The van der Waals surface area contributed by atoms with E-state index in [1.165, 1.54) is 19.3 Å². The van der Waals surface area contributed by atoms with E-state index in [9.17, 15) is 8.42 Å². The first-order chi connectivity index (χ1) is 8.44. The Hall–Kier alpha value is -0.130. The minimum Gasteiger partial charge on any atom is -0.316 e. The summed E-state index contributed by atoms with van der Waals surface area (Å²) in [5.41, 5.74) is 0. The third-order valence-corrected chi connectivity index (χ3v) is 5.02. The van der Waals surface area contributed by atoms with Crippen LogP contribution in [0.5, 0.6) is 0 Å². The van der Waals surface area contributed by atoms with Gasteiger partial charge in [-0.15, -0.1) is 0 Å². The van der Waals surface area contributed by atoms with E-state index in [0.717, 1.165) is 19.4 Å². The predicted molar refractivity (Wildman–Crippen MR) is 78.3 cm³/mol. The van der Waals surface area contributed by atoms with Crippen molar-refractivity contribution in [2.45, 2.75) is 71.1 Å². The fourth-order valence-electron chi connectivity index (χ4n) is 1.79. The Kier molecular flexibility index (Phi) is 9.68. The lowest BCUT2D eigenvalue weighted by Gasteiger charge is -2.18. The summed E-state index contributed by atoms with van der Waals surface area (Å²) in [6, 6.07) is 0.0379. The van der Waals surface area contributed by atoms with Crippen LogP contribution in [-0.2, 0) is 10.0 Å². The van der Waals surface area contributed by atoms with Crippen molar-refractivity contribution in [3.63, 3.8) is 0 Å². The van der Waals surface area contributed by atoms with E-state index >= 15 is 0 Å². The van der Waals surface area contributed by atoms with Crippen molar-refractivity contribution in [1.82, 2.24) is 10.0 Å². The Morgan fingerprint density at radius 2 is 1.72 bits per heavy atom. The molecule has 0 spiro atoms. The molecule has 0 aliphatic rings. The number of nitrogens with one attached hydrogen (secondary N) is 2. The molecular weight excluding hydrogens is 248 g/mol. The molecule has 0 saturated heterocycles. The number of rotatable bonds is 11. The summed E-state index contributed by atoms with van der Waals surface area (Å²) < 4.78 is 26.7. The minimum absolute atomic E-state index is 0.0379. The lowest BCUT2D eigenvalue weighted by atomic mass is 10.1. The van der Waals surface area contributed by atoms with Crippen LogP contribution in [0, 0.1) is 0 Å². The number of sulfonamides is 1. The zero-order valence-corrected chi connectivity index (χ0v) is 13.1.